The Kier molecular flexibility index (Phi) is 3.16. The molecule has 1 aliphatic heterocycles. The van der Waals surface area contributed by atoms with Gasteiger partial charge in [-0.3, -0.25) is 0 Å². The first-order valence-electron chi connectivity index (χ1n) is 5.25. The molecule has 0 aliphatic carbocycles. The largest absolute Gasteiger partial charge is 0.372 e. The third-order valence-electron chi connectivity index (χ3n) is 2.44. The van der Waals surface area contributed by atoms with Crippen molar-refractivity contribution < 1.29 is 4.74 Å². The molecule has 1 fully saturated rings. The lowest BCUT2D eigenvalue weighted by Gasteiger charge is -2.36. The average Bonchev–Trinajstić information content (AvgIpc) is 2.14. The van der Waals surface area contributed by atoms with Crippen LogP contribution in [0.4, 0.5) is 11.8 Å². The lowest BCUT2D eigenvalue weighted by atomic mass is 10.2. The van der Waals surface area contributed by atoms with E-state index in [9.17, 15) is 0 Å². The molecular formula is C10H15ClN4O. The van der Waals surface area contributed by atoms with Crippen LogP contribution in [0.15, 0.2) is 6.07 Å². The van der Waals surface area contributed by atoms with Crippen LogP contribution in [0.1, 0.15) is 13.8 Å². The van der Waals surface area contributed by atoms with Crippen molar-refractivity contribution in [2.75, 3.05) is 23.7 Å². The first-order valence-corrected chi connectivity index (χ1v) is 5.63. The molecule has 5 nitrogen and oxygen atoms in total. The van der Waals surface area contributed by atoms with Gasteiger partial charge in [0.2, 0.25) is 5.95 Å². The van der Waals surface area contributed by atoms with Gasteiger partial charge in [0.1, 0.15) is 11.0 Å². The van der Waals surface area contributed by atoms with Gasteiger partial charge in [0.05, 0.1) is 12.2 Å². The van der Waals surface area contributed by atoms with E-state index in [1.54, 1.807) is 6.07 Å². The number of hydrogen-bond acceptors (Lipinski definition) is 5. The van der Waals surface area contributed by atoms with E-state index in [1.165, 1.54) is 0 Å². The van der Waals surface area contributed by atoms with Gasteiger partial charge in [0, 0.05) is 19.2 Å². The molecule has 0 aromatic carbocycles. The van der Waals surface area contributed by atoms with Crippen LogP contribution in [0.3, 0.4) is 0 Å². The molecule has 2 N–H and O–H groups in total. The zero-order valence-corrected chi connectivity index (χ0v) is 10.1. The maximum Gasteiger partial charge on any atom is 0.223 e. The Morgan fingerprint density at radius 2 is 2.00 bits per heavy atom. The third-order valence-corrected chi connectivity index (χ3v) is 2.64. The molecule has 2 heterocycles. The van der Waals surface area contributed by atoms with Crippen molar-refractivity contribution in [1.82, 2.24) is 9.97 Å². The van der Waals surface area contributed by atoms with Crippen molar-refractivity contribution in [3.8, 4) is 0 Å². The molecule has 1 aliphatic rings. The van der Waals surface area contributed by atoms with Crippen molar-refractivity contribution in [1.29, 1.82) is 0 Å². The molecule has 0 bridgehead atoms. The second-order valence-corrected chi connectivity index (χ2v) is 4.46. The highest BCUT2D eigenvalue weighted by Crippen LogP contribution is 2.21. The number of hydrogen-bond donors (Lipinski definition) is 1. The highest BCUT2D eigenvalue weighted by molar-refractivity contribution is 6.29. The first kappa shape index (κ1) is 11.4. The van der Waals surface area contributed by atoms with Crippen molar-refractivity contribution >= 4 is 23.4 Å². The van der Waals surface area contributed by atoms with E-state index in [-0.39, 0.29) is 18.2 Å². The summed E-state index contributed by atoms with van der Waals surface area (Å²) in [6.07, 6.45) is 0.359. The molecule has 2 rings (SSSR count). The van der Waals surface area contributed by atoms with Gasteiger partial charge >= 0.3 is 0 Å². The van der Waals surface area contributed by atoms with Gasteiger partial charge < -0.3 is 15.4 Å². The van der Waals surface area contributed by atoms with Gasteiger partial charge in [0.25, 0.3) is 0 Å². The Morgan fingerprint density at radius 1 is 1.38 bits per heavy atom. The van der Waals surface area contributed by atoms with E-state index >= 15 is 0 Å². The predicted octanol–water partition coefficient (Wildman–Crippen LogP) is 1.33. The van der Waals surface area contributed by atoms with E-state index in [4.69, 9.17) is 22.1 Å². The fourth-order valence-electron chi connectivity index (χ4n) is 1.95. The van der Waals surface area contributed by atoms with E-state index in [2.05, 4.69) is 14.9 Å². The standard InChI is InChI=1S/C10H15ClN4O/c1-6-4-15(5-7(2)16-6)9-3-8(11)13-10(12)14-9/h3,6-7H,4-5H2,1-2H3,(H2,12,13,14)/t6-,7-/m0/s1. The number of anilines is 2. The molecule has 2 atom stereocenters. The van der Waals surface area contributed by atoms with Crippen LogP contribution < -0.4 is 10.6 Å². The van der Waals surface area contributed by atoms with Crippen molar-refractivity contribution in [3.05, 3.63) is 11.2 Å². The quantitative estimate of drug-likeness (QED) is 0.753. The van der Waals surface area contributed by atoms with Crippen LogP contribution in [0, 0.1) is 0 Å². The maximum atomic E-state index is 5.85. The van der Waals surface area contributed by atoms with Gasteiger partial charge in [-0.15, -0.1) is 0 Å². The highest BCUT2D eigenvalue weighted by atomic mass is 35.5. The Morgan fingerprint density at radius 3 is 2.56 bits per heavy atom. The second kappa shape index (κ2) is 4.43. The lowest BCUT2D eigenvalue weighted by molar-refractivity contribution is -0.00545. The lowest BCUT2D eigenvalue weighted by Crippen LogP contribution is -2.45. The SMILES string of the molecule is C[C@H]1CN(c2cc(Cl)nc(N)n2)C[C@H](C)O1. The molecule has 1 aromatic heterocycles. The number of nitrogen functional groups attached to an aromatic ring is 1. The third kappa shape index (κ3) is 2.54. The molecule has 0 spiro atoms. The smallest absolute Gasteiger partial charge is 0.223 e. The number of rotatable bonds is 1. The molecular weight excluding hydrogens is 228 g/mol. The summed E-state index contributed by atoms with van der Waals surface area (Å²) in [4.78, 5) is 10.1. The molecule has 0 amide bonds. The molecule has 0 saturated carbocycles. The van der Waals surface area contributed by atoms with E-state index in [0.29, 0.717) is 5.15 Å². The summed E-state index contributed by atoms with van der Waals surface area (Å²) in [5.41, 5.74) is 5.57. The van der Waals surface area contributed by atoms with Crippen LogP contribution in [0.5, 0.6) is 0 Å². The monoisotopic (exact) mass is 242 g/mol. The zero-order valence-electron chi connectivity index (χ0n) is 9.35. The number of ether oxygens (including phenoxy) is 1. The summed E-state index contributed by atoms with van der Waals surface area (Å²) in [5.74, 6) is 0.966. The summed E-state index contributed by atoms with van der Waals surface area (Å²) < 4.78 is 5.65. The minimum Gasteiger partial charge on any atom is -0.372 e. The summed E-state index contributed by atoms with van der Waals surface area (Å²) >= 11 is 5.85. The molecule has 0 unspecified atom stereocenters. The predicted molar refractivity (Wildman–Crippen MR) is 63.7 cm³/mol. The van der Waals surface area contributed by atoms with Crippen LogP contribution in [0.2, 0.25) is 5.15 Å². The number of morpholine rings is 1. The van der Waals surface area contributed by atoms with Gasteiger partial charge in [-0.2, -0.15) is 4.98 Å². The minimum absolute atomic E-state index is 0.179. The Balaban J connectivity index is 2.22. The van der Waals surface area contributed by atoms with Gasteiger partial charge in [-0.1, -0.05) is 11.6 Å². The van der Waals surface area contributed by atoms with E-state index in [0.717, 1.165) is 18.9 Å². The van der Waals surface area contributed by atoms with Crippen LogP contribution >= 0.6 is 11.6 Å². The summed E-state index contributed by atoms with van der Waals surface area (Å²) in [7, 11) is 0. The minimum atomic E-state index is 0.179. The summed E-state index contributed by atoms with van der Waals surface area (Å²) in [5, 5.41) is 0.370. The van der Waals surface area contributed by atoms with Crippen molar-refractivity contribution in [2.45, 2.75) is 26.1 Å². The van der Waals surface area contributed by atoms with Crippen molar-refractivity contribution in [2.24, 2.45) is 0 Å². The fraction of sp³-hybridized carbons (Fsp3) is 0.600. The molecule has 16 heavy (non-hydrogen) atoms. The summed E-state index contributed by atoms with van der Waals surface area (Å²) in [6, 6.07) is 1.72. The maximum absolute atomic E-state index is 5.85. The highest BCUT2D eigenvalue weighted by Gasteiger charge is 2.23. The Labute approximate surface area is 99.6 Å². The van der Waals surface area contributed by atoms with Gasteiger partial charge in [-0.25, -0.2) is 4.98 Å². The van der Waals surface area contributed by atoms with Crippen LogP contribution in [0.25, 0.3) is 0 Å². The molecule has 1 aromatic rings. The van der Waals surface area contributed by atoms with E-state index < -0.39 is 0 Å². The Hall–Kier alpha value is -1.07. The molecule has 1 saturated heterocycles. The zero-order chi connectivity index (χ0) is 11.7. The molecule has 88 valence electrons. The van der Waals surface area contributed by atoms with Crippen molar-refractivity contribution in [3.63, 3.8) is 0 Å². The summed E-state index contributed by atoms with van der Waals surface area (Å²) in [6.45, 7) is 5.65. The topological polar surface area (TPSA) is 64.3 Å². The number of aromatic nitrogens is 2. The second-order valence-electron chi connectivity index (χ2n) is 4.07. The van der Waals surface area contributed by atoms with Crippen LogP contribution in [-0.4, -0.2) is 35.3 Å². The molecule has 0 radical (unpaired) electrons. The number of nitrogens with zero attached hydrogens (tertiary/aromatic N) is 3. The average molecular weight is 243 g/mol. The number of halogens is 1. The fourth-order valence-corrected chi connectivity index (χ4v) is 2.13. The number of nitrogens with two attached hydrogens (primary N) is 1. The molecule has 6 heteroatoms. The normalized spacial score (nSPS) is 25.8. The van der Waals surface area contributed by atoms with Gasteiger partial charge in [-0.05, 0) is 13.8 Å². The van der Waals surface area contributed by atoms with Crippen LogP contribution in [-0.2, 0) is 4.74 Å². The van der Waals surface area contributed by atoms with E-state index in [1.807, 2.05) is 13.8 Å². The van der Waals surface area contributed by atoms with Gasteiger partial charge in [0.15, 0.2) is 0 Å². The Bertz CT molecular complexity index is 357. The first-order chi connectivity index (χ1) is 7.54.